The summed E-state index contributed by atoms with van der Waals surface area (Å²) in [6.07, 6.45) is -0.0457. The van der Waals surface area contributed by atoms with Crippen LogP contribution in [0.3, 0.4) is 0 Å². The summed E-state index contributed by atoms with van der Waals surface area (Å²) in [5.74, 6) is -0.912. The lowest BCUT2D eigenvalue weighted by Crippen LogP contribution is -2.16. The Balaban J connectivity index is 1.96. The van der Waals surface area contributed by atoms with Crippen molar-refractivity contribution in [2.75, 3.05) is 6.26 Å². The fourth-order valence-corrected chi connectivity index (χ4v) is 3.53. The summed E-state index contributed by atoms with van der Waals surface area (Å²) < 4.78 is 56.7. The first-order chi connectivity index (χ1) is 13.1. The molecule has 0 unspecified atom stereocenters. The van der Waals surface area contributed by atoms with Crippen molar-refractivity contribution in [3.63, 3.8) is 0 Å². The van der Waals surface area contributed by atoms with Gasteiger partial charge in [-0.2, -0.15) is 8.78 Å². The first-order valence-corrected chi connectivity index (χ1v) is 10.3. The summed E-state index contributed by atoms with van der Waals surface area (Å²) in [5.41, 5.74) is 1.14. The molecule has 0 fully saturated rings. The molecule has 28 heavy (non-hydrogen) atoms. The highest BCUT2D eigenvalue weighted by molar-refractivity contribution is 7.90. The van der Waals surface area contributed by atoms with Crippen LogP contribution in [0.15, 0.2) is 47.4 Å². The van der Waals surface area contributed by atoms with Crippen LogP contribution in [0.1, 0.15) is 41.3 Å². The number of halogens is 2. The fraction of sp³-hybridized carbons (Fsp3) is 0.263. The molecule has 3 rings (SSSR count). The van der Waals surface area contributed by atoms with Gasteiger partial charge < -0.3 is 4.74 Å². The van der Waals surface area contributed by atoms with Crippen LogP contribution < -0.4 is 0 Å². The van der Waals surface area contributed by atoms with Crippen LogP contribution >= 0.6 is 0 Å². The van der Waals surface area contributed by atoms with Crippen LogP contribution in [0, 0.1) is 6.92 Å². The number of para-hydroxylation sites is 2. The molecule has 6 nitrogen and oxygen atoms in total. The number of aromatic nitrogens is 2. The lowest BCUT2D eigenvalue weighted by atomic mass is 10.1. The Kier molecular flexibility index (Phi) is 5.20. The third kappa shape index (κ3) is 3.75. The van der Waals surface area contributed by atoms with Gasteiger partial charge in [-0.15, -0.1) is 0 Å². The average Bonchev–Trinajstić information content (AvgIpc) is 3.00. The zero-order valence-electron chi connectivity index (χ0n) is 15.4. The Labute approximate surface area is 160 Å². The quantitative estimate of drug-likeness (QED) is 0.595. The van der Waals surface area contributed by atoms with Gasteiger partial charge in [0.15, 0.2) is 21.8 Å². The van der Waals surface area contributed by atoms with Gasteiger partial charge in [-0.1, -0.05) is 18.2 Å². The van der Waals surface area contributed by atoms with E-state index in [0.29, 0.717) is 15.6 Å². The molecule has 0 spiro atoms. The third-order valence-corrected chi connectivity index (χ3v) is 5.43. The van der Waals surface area contributed by atoms with Gasteiger partial charge >= 0.3 is 12.5 Å². The summed E-state index contributed by atoms with van der Waals surface area (Å²) in [5, 5.41) is 0. The predicted molar refractivity (Wildman–Crippen MR) is 99.1 cm³/mol. The van der Waals surface area contributed by atoms with Crippen LogP contribution in [0.5, 0.6) is 0 Å². The molecule has 148 valence electrons. The number of carbonyl (C=O) groups excluding carboxylic acids is 1. The number of hydrogen-bond donors (Lipinski definition) is 0. The Morgan fingerprint density at radius 2 is 1.86 bits per heavy atom. The number of esters is 1. The molecule has 2 aromatic carbocycles. The topological polar surface area (TPSA) is 78.3 Å². The van der Waals surface area contributed by atoms with E-state index in [2.05, 4.69) is 4.98 Å². The number of benzene rings is 2. The van der Waals surface area contributed by atoms with Crippen molar-refractivity contribution < 1.29 is 26.7 Å². The maximum absolute atomic E-state index is 13.6. The molecule has 1 aromatic heterocycles. The third-order valence-electron chi connectivity index (χ3n) is 4.32. The number of aryl methyl sites for hydroxylation is 1. The maximum Gasteiger partial charge on any atom is 0.339 e. The molecule has 3 aromatic rings. The van der Waals surface area contributed by atoms with E-state index in [1.54, 1.807) is 25.1 Å². The molecule has 0 saturated carbocycles. The fourth-order valence-electron chi connectivity index (χ4n) is 2.88. The van der Waals surface area contributed by atoms with E-state index in [1.807, 2.05) is 0 Å². The number of ether oxygens (including phenoxy) is 1. The molecule has 0 amide bonds. The lowest BCUT2D eigenvalue weighted by molar-refractivity contribution is 0.0232. The summed E-state index contributed by atoms with van der Waals surface area (Å²) in [4.78, 5) is 16.7. The maximum atomic E-state index is 13.6. The molecule has 1 atom stereocenters. The van der Waals surface area contributed by atoms with Crippen LogP contribution in [-0.2, 0) is 14.6 Å². The molecule has 0 aliphatic heterocycles. The lowest BCUT2D eigenvalue weighted by Gasteiger charge is -2.16. The van der Waals surface area contributed by atoms with Crippen molar-refractivity contribution in [3.05, 3.63) is 59.4 Å². The van der Waals surface area contributed by atoms with Crippen LogP contribution in [-0.4, -0.2) is 30.2 Å². The highest BCUT2D eigenvalue weighted by atomic mass is 32.2. The number of rotatable bonds is 5. The minimum absolute atomic E-state index is 0.0301. The van der Waals surface area contributed by atoms with Gasteiger partial charge in [0.2, 0.25) is 0 Å². The second kappa shape index (κ2) is 7.31. The zero-order valence-corrected chi connectivity index (χ0v) is 16.2. The van der Waals surface area contributed by atoms with Crippen molar-refractivity contribution in [3.8, 4) is 0 Å². The molecule has 1 heterocycles. The second-order valence-corrected chi connectivity index (χ2v) is 8.42. The highest BCUT2D eigenvalue weighted by Crippen LogP contribution is 2.29. The SMILES string of the molecule is Cc1ccc(S(C)(=O)=O)cc1C(=O)O[C@H](C)c1nc2ccccc2n1C(F)F. The molecule has 9 heteroatoms. The normalized spacial score (nSPS) is 13.1. The van der Waals surface area contributed by atoms with E-state index in [0.717, 1.165) is 6.26 Å². The van der Waals surface area contributed by atoms with E-state index >= 15 is 0 Å². The van der Waals surface area contributed by atoms with Gasteiger partial charge in [-0.05, 0) is 43.7 Å². The summed E-state index contributed by atoms with van der Waals surface area (Å²) in [7, 11) is -3.51. The van der Waals surface area contributed by atoms with Gasteiger partial charge in [0, 0.05) is 6.26 Å². The molecule has 0 radical (unpaired) electrons. The second-order valence-electron chi connectivity index (χ2n) is 6.40. The summed E-state index contributed by atoms with van der Waals surface area (Å²) in [6, 6.07) is 10.5. The van der Waals surface area contributed by atoms with Crippen LogP contribution in [0.25, 0.3) is 11.0 Å². The average molecular weight is 408 g/mol. The van der Waals surface area contributed by atoms with Crippen molar-refractivity contribution in [2.45, 2.75) is 31.4 Å². The first-order valence-electron chi connectivity index (χ1n) is 8.36. The van der Waals surface area contributed by atoms with Crippen LogP contribution in [0.2, 0.25) is 0 Å². The summed E-state index contributed by atoms with van der Waals surface area (Å²) >= 11 is 0. The summed E-state index contributed by atoms with van der Waals surface area (Å²) in [6.45, 7) is 0.203. The Morgan fingerprint density at radius 1 is 1.18 bits per heavy atom. The number of alkyl halides is 2. The van der Waals surface area contributed by atoms with E-state index in [1.165, 1.54) is 31.2 Å². The van der Waals surface area contributed by atoms with Gasteiger partial charge in [-0.3, -0.25) is 4.57 Å². The molecule has 0 aliphatic carbocycles. The minimum Gasteiger partial charge on any atom is -0.451 e. The number of imidazole rings is 1. The predicted octanol–water partition coefficient (Wildman–Crippen LogP) is 4.06. The van der Waals surface area contributed by atoms with Crippen molar-refractivity contribution in [1.82, 2.24) is 9.55 Å². The highest BCUT2D eigenvalue weighted by Gasteiger charge is 2.25. The van der Waals surface area contributed by atoms with Gasteiger partial charge in [0.25, 0.3) is 0 Å². The molecular formula is C19H18F2N2O4S. The minimum atomic E-state index is -3.51. The van der Waals surface area contributed by atoms with E-state index < -0.39 is 28.5 Å². The van der Waals surface area contributed by atoms with Crippen LogP contribution in [0.4, 0.5) is 8.78 Å². The van der Waals surface area contributed by atoms with Crippen molar-refractivity contribution in [2.24, 2.45) is 0 Å². The number of carbonyl (C=O) groups is 1. The number of hydrogen-bond acceptors (Lipinski definition) is 5. The molecular weight excluding hydrogens is 390 g/mol. The molecule has 0 bridgehead atoms. The van der Waals surface area contributed by atoms with Gasteiger partial charge in [-0.25, -0.2) is 18.2 Å². The van der Waals surface area contributed by atoms with Crippen molar-refractivity contribution in [1.29, 1.82) is 0 Å². The Morgan fingerprint density at radius 3 is 2.50 bits per heavy atom. The van der Waals surface area contributed by atoms with Gasteiger partial charge in [0.1, 0.15) is 0 Å². The smallest absolute Gasteiger partial charge is 0.339 e. The number of sulfone groups is 1. The van der Waals surface area contributed by atoms with Crippen molar-refractivity contribution >= 4 is 26.8 Å². The standard InChI is InChI=1S/C19H18F2N2O4S/c1-11-8-9-13(28(3,25)26)10-14(11)18(24)27-12(2)17-22-15-6-4-5-7-16(15)23(17)19(20)21/h4-10,12,19H,1-3H3/t12-/m1/s1. The van der Waals surface area contributed by atoms with E-state index in [-0.39, 0.29) is 21.8 Å². The molecule has 0 N–H and O–H groups in total. The Hall–Kier alpha value is -2.81. The van der Waals surface area contributed by atoms with E-state index in [9.17, 15) is 22.0 Å². The number of nitrogens with zero attached hydrogens (tertiary/aromatic N) is 2. The number of fused-ring (bicyclic) bond motifs is 1. The molecule has 0 aliphatic rings. The van der Waals surface area contributed by atoms with E-state index in [4.69, 9.17) is 4.74 Å². The largest absolute Gasteiger partial charge is 0.451 e. The molecule has 0 saturated heterocycles. The zero-order chi connectivity index (χ0) is 20.6. The first kappa shape index (κ1) is 19.9. The monoisotopic (exact) mass is 408 g/mol. The Bertz CT molecular complexity index is 1160. The van der Waals surface area contributed by atoms with Gasteiger partial charge in [0.05, 0.1) is 21.5 Å².